The first kappa shape index (κ1) is 22.6. The highest BCUT2D eigenvalue weighted by atomic mass is 32.2. The van der Waals surface area contributed by atoms with E-state index in [1.54, 1.807) is 30.5 Å². The number of carboxylic acid groups (broad SMARTS) is 1. The zero-order chi connectivity index (χ0) is 23.9. The Morgan fingerprint density at radius 3 is 2.68 bits per heavy atom. The van der Waals surface area contributed by atoms with Crippen LogP contribution in [-0.2, 0) is 16.4 Å². The van der Waals surface area contributed by atoms with Crippen LogP contribution in [0.15, 0.2) is 47.5 Å². The lowest BCUT2D eigenvalue weighted by Gasteiger charge is -2.28. The number of hydrogen-bond acceptors (Lipinski definition) is 7. The predicted octanol–water partition coefficient (Wildman–Crippen LogP) is 4.51. The van der Waals surface area contributed by atoms with E-state index in [0.29, 0.717) is 24.2 Å². The Hall–Kier alpha value is -3.18. The number of thiazole rings is 1. The van der Waals surface area contributed by atoms with Gasteiger partial charge in [-0.05, 0) is 48.2 Å². The molecule has 0 radical (unpaired) electrons. The van der Waals surface area contributed by atoms with Crippen molar-refractivity contribution < 1.29 is 32.2 Å². The quantitative estimate of drug-likeness (QED) is 0.545. The van der Waals surface area contributed by atoms with Crippen molar-refractivity contribution in [2.45, 2.75) is 30.3 Å². The number of nitrogens with zero attached hydrogens (tertiary/aromatic N) is 2. The summed E-state index contributed by atoms with van der Waals surface area (Å²) in [5, 5.41) is 10.0. The second kappa shape index (κ2) is 8.88. The number of sulfone groups is 1. The maximum absolute atomic E-state index is 14.7. The summed E-state index contributed by atoms with van der Waals surface area (Å²) in [7, 11) is -3.41. The van der Waals surface area contributed by atoms with Gasteiger partial charge in [0.2, 0.25) is 9.84 Å². The zero-order valence-corrected chi connectivity index (χ0v) is 19.6. The predicted molar refractivity (Wildman–Crippen MR) is 123 cm³/mol. The smallest absolute Gasteiger partial charge is 0.407 e. The second-order valence-electron chi connectivity index (χ2n) is 8.18. The van der Waals surface area contributed by atoms with Crippen molar-refractivity contribution in [3.8, 4) is 22.6 Å². The van der Waals surface area contributed by atoms with Gasteiger partial charge in [-0.15, -0.1) is 11.3 Å². The molecule has 34 heavy (non-hydrogen) atoms. The molecule has 2 aromatic carbocycles. The molecule has 0 spiro atoms. The molecule has 3 heterocycles. The number of aromatic nitrogens is 1. The van der Waals surface area contributed by atoms with E-state index in [0.717, 1.165) is 22.7 Å². The minimum absolute atomic E-state index is 0.105. The Labute approximate surface area is 199 Å². The summed E-state index contributed by atoms with van der Waals surface area (Å²) in [4.78, 5) is 17.9. The standard InChI is InChI=1S/C23H21FN2O6S2/c24-18-9-15(16-2-4-21-20(10-16)32-13-34(21,29)30)1-3-19(18)31-12-17-11-25-22(33-17)14-5-7-26(8-6-14)23(27)28/h1-4,9-11,14H,5-8,12-13H2,(H,27,28). The average molecular weight is 505 g/mol. The van der Waals surface area contributed by atoms with Crippen LogP contribution in [0.2, 0.25) is 0 Å². The minimum Gasteiger partial charge on any atom is -0.485 e. The van der Waals surface area contributed by atoms with Crippen LogP contribution in [-0.4, -0.2) is 48.5 Å². The lowest BCUT2D eigenvalue weighted by molar-refractivity contribution is 0.132. The molecule has 11 heteroatoms. The molecular formula is C23H21FN2O6S2. The number of halogens is 1. The molecule has 1 amide bonds. The maximum Gasteiger partial charge on any atom is 0.407 e. The number of likely N-dealkylation sites (tertiary alicyclic amines) is 1. The van der Waals surface area contributed by atoms with E-state index in [-0.39, 0.29) is 34.9 Å². The Balaban J connectivity index is 1.23. The normalized spacial score (nSPS) is 17.3. The number of fused-ring (bicyclic) bond motifs is 1. The van der Waals surface area contributed by atoms with Gasteiger partial charge in [0.15, 0.2) is 17.5 Å². The van der Waals surface area contributed by atoms with Crippen molar-refractivity contribution in [1.29, 1.82) is 0 Å². The molecule has 2 aliphatic heterocycles. The summed E-state index contributed by atoms with van der Waals surface area (Å²) in [5.74, 6) is -0.316. The van der Waals surface area contributed by atoms with Gasteiger partial charge in [0.25, 0.3) is 0 Å². The number of carbonyl (C=O) groups is 1. The van der Waals surface area contributed by atoms with Crippen LogP contribution >= 0.6 is 11.3 Å². The Morgan fingerprint density at radius 1 is 1.21 bits per heavy atom. The molecule has 0 bridgehead atoms. The molecule has 0 saturated carbocycles. The average Bonchev–Trinajstić information content (AvgIpc) is 3.42. The molecule has 3 aromatic rings. The van der Waals surface area contributed by atoms with Gasteiger partial charge in [-0.2, -0.15) is 0 Å². The third kappa shape index (κ3) is 4.45. The van der Waals surface area contributed by atoms with Crippen molar-refractivity contribution in [2.24, 2.45) is 0 Å². The highest BCUT2D eigenvalue weighted by molar-refractivity contribution is 7.91. The van der Waals surface area contributed by atoms with Crippen LogP contribution < -0.4 is 9.47 Å². The topological polar surface area (TPSA) is 106 Å². The van der Waals surface area contributed by atoms with Gasteiger partial charge in [-0.25, -0.2) is 22.6 Å². The number of benzene rings is 2. The maximum atomic E-state index is 14.7. The number of amides is 1. The first-order chi connectivity index (χ1) is 16.3. The summed E-state index contributed by atoms with van der Waals surface area (Å²) < 4.78 is 49.4. The van der Waals surface area contributed by atoms with Crippen LogP contribution in [0, 0.1) is 5.82 Å². The fourth-order valence-electron chi connectivity index (χ4n) is 4.10. The Kier molecular flexibility index (Phi) is 5.90. The molecule has 5 rings (SSSR count). The molecule has 0 atom stereocenters. The van der Waals surface area contributed by atoms with Gasteiger partial charge in [0.05, 0.1) is 9.88 Å². The number of piperidine rings is 1. The van der Waals surface area contributed by atoms with E-state index in [9.17, 15) is 17.6 Å². The molecule has 1 saturated heterocycles. The molecule has 1 N–H and O–H groups in total. The fraction of sp³-hybridized carbons (Fsp3) is 0.304. The van der Waals surface area contributed by atoms with E-state index in [1.807, 2.05) is 0 Å². The van der Waals surface area contributed by atoms with E-state index in [1.165, 1.54) is 28.4 Å². The first-order valence-corrected chi connectivity index (χ1v) is 13.1. The van der Waals surface area contributed by atoms with Gasteiger partial charge in [0, 0.05) is 25.2 Å². The zero-order valence-electron chi connectivity index (χ0n) is 17.9. The molecule has 0 aliphatic carbocycles. The van der Waals surface area contributed by atoms with E-state index >= 15 is 0 Å². The Morgan fingerprint density at radius 2 is 1.94 bits per heavy atom. The van der Waals surface area contributed by atoms with E-state index < -0.39 is 21.7 Å². The van der Waals surface area contributed by atoms with Crippen LogP contribution in [0.25, 0.3) is 11.1 Å². The summed E-state index contributed by atoms with van der Waals surface area (Å²) >= 11 is 1.50. The van der Waals surface area contributed by atoms with Gasteiger partial charge in [0.1, 0.15) is 17.3 Å². The summed E-state index contributed by atoms with van der Waals surface area (Å²) in [6.45, 7) is 1.16. The lowest BCUT2D eigenvalue weighted by atomic mass is 9.98. The van der Waals surface area contributed by atoms with E-state index in [2.05, 4.69) is 4.98 Å². The highest BCUT2D eigenvalue weighted by Gasteiger charge is 2.28. The summed E-state index contributed by atoms with van der Waals surface area (Å²) in [6, 6.07) is 9.28. The molecule has 2 aliphatic rings. The van der Waals surface area contributed by atoms with Crippen molar-refractivity contribution in [2.75, 3.05) is 19.0 Å². The SMILES string of the molecule is O=C(O)N1CCC(c2ncc(COc3ccc(-c4ccc5c(c4)OCS5(=O)=O)cc3F)s2)CC1. The van der Waals surface area contributed by atoms with Gasteiger partial charge in [-0.1, -0.05) is 12.1 Å². The second-order valence-corrected chi connectivity index (χ2v) is 11.2. The van der Waals surface area contributed by atoms with Crippen molar-refractivity contribution in [3.05, 3.63) is 58.3 Å². The van der Waals surface area contributed by atoms with Crippen LogP contribution in [0.1, 0.15) is 28.6 Å². The molecule has 178 valence electrons. The molecule has 1 fully saturated rings. The Bertz CT molecular complexity index is 1350. The summed E-state index contributed by atoms with van der Waals surface area (Å²) in [6.07, 6.45) is 2.29. The van der Waals surface area contributed by atoms with Gasteiger partial charge in [-0.3, -0.25) is 0 Å². The number of ether oxygens (including phenoxy) is 2. The molecular weight excluding hydrogens is 483 g/mol. The lowest BCUT2D eigenvalue weighted by Crippen LogP contribution is -2.36. The number of hydrogen-bond donors (Lipinski definition) is 1. The number of rotatable bonds is 5. The van der Waals surface area contributed by atoms with Crippen molar-refractivity contribution >= 4 is 27.3 Å². The third-order valence-electron chi connectivity index (χ3n) is 5.97. The fourth-order valence-corrected chi connectivity index (χ4v) is 6.21. The van der Waals surface area contributed by atoms with Crippen LogP contribution in [0.5, 0.6) is 11.5 Å². The van der Waals surface area contributed by atoms with E-state index in [4.69, 9.17) is 14.6 Å². The van der Waals surface area contributed by atoms with Crippen LogP contribution in [0.3, 0.4) is 0 Å². The van der Waals surface area contributed by atoms with Gasteiger partial charge < -0.3 is 19.5 Å². The van der Waals surface area contributed by atoms with Crippen molar-refractivity contribution in [1.82, 2.24) is 9.88 Å². The highest BCUT2D eigenvalue weighted by Crippen LogP contribution is 2.36. The molecule has 0 unspecified atom stereocenters. The van der Waals surface area contributed by atoms with Gasteiger partial charge >= 0.3 is 6.09 Å². The minimum atomic E-state index is -3.41. The first-order valence-electron chi connectivity index (χ1n) is 10.6. The van der Waals surface area contributed by atoms with Crippen molar-refractivity contribution in [3.63, 3.8) is 0 Å². The molecule has 8 nitrogen and oxygen atoms in total. The monoisotopic (exact) mass is 504 g/mol. The third-order valence-corrected chi connectivity index (χ3v) is 8.54. The largest absolute Gasteiger partial charge is 0.485 e. The summed E-state index contributed by atoms with van der Waals surface area (Å²) in [5.41, 5.74) is 1.22. The van der Waals surface area contributed by atoms with Crippen LogP contribution in [0.4, 0.5) is 9.18 Å². The molecule has 1 aromatic heterocycles.